The van der Waals surface area contributed by atoms with Gasteiger partial charge in [-0.25, -0.2) is 4.79 Å². The Morgan fingerprint density at radius 3 is 2.62 bits per heavy atom. The molecule has 3 N–H and O–H groups in total. The van der Waals surface area contributed by atoms with Crippen LogP contribution in [0, 0.1) is 5.92 Å². The zero-order valence-corrected chi connectivity index (χ0v) is 16.0. The highest BCUT2D eigenvalue weighted by molar-refractivity contribution is 6.31. The standard InChI is InChI=1S/C20H25ClN2O3/c1-13(2)19(15-6-4-5-7-16(15)21)23-20(25)22-11-10-14-8-9-17(24)18(12-14)26-3/h4-9,12-13,19,24H,10-11H2,1-3H3,(H2,22,23,25). The zero-order chi connectivity index (χ0) is 19.1. The predicted molar refractivity (Wildman–Crippen MR) is 104 cm³/mol. The van der Waals surface area contributed by atoms with Crippen LogP contribution in [0.15, 0.2) is 42.5 Å². The second-order valence-corrected chi connectivity index (χ2v) is 6.81. The van der Waals surface area contributed by atoms with Crippen LogP contribution in [0.25, 0.3) is 0 Å². The summed E-state index contributed by atoms with van der Waals surface area (Å²) in [6.07, 6.45) is 0.627. The SMILES string of the molecule is COc1cc(CCNC(=O)NC(c2ccccc2Cl)C(C)C)ccc1O. The number of halogens is 1. The van der Waals surface area contributed by atoms with Crippen LogP contribution < -0.4 is 15.4 Å². The summed E-state index contributed by atoms with van der Waals surface area (Å²) in [7, 11) is 1.51. The minimum Gasteiger partial charge on any atom is -0.504 e. The molecule has 140 valence electrons. The van der Waals surface area contributed by atoms with Gasteiger partial charge in [-0.15, -0.1) is 0 Å². The van der Waals surface area contributed by atoms with E-state index in [0.29, 0.717) is 23.7 Å². The molecule has 2 aromatic carbocycles. The number of ether oxygens (including phenoxy) is 1. The van der Waals surface area contributed by atoms with E-state index < -0.39 is 0 Å². The fraction of sp³-hybridized carbons (Fsp3) is 0.350. The molecular formula is C20H25ClN2O3. The lowest BCUT2D eigenvalue weighted by Crippen LogP contribution is -2.40. The molecule has 0 saturated carbocycles. The number of benzene rings is 2. The summed E-state index contributed by atoms with van der Waals surface area (Å²) in [6.45, 7) is 4.54. The van der Waals surface area contributed by atoms with Gasteiger partial charge in [0.2, 0.25) is 0 Å². The first-order chi connectivity index (χ1) is 12.4. The lowest BCUT2D eigenvalue weighted by molar-refractivity contribution is 0.233. The maximum Gasteiger partial charge on any atom is 0.315 e. The first kappa shape index (κ1) is 19.9. The molecule has 0 heterocycles. The van der Waals surface area contributed by atoms with Gasteiger partial charge in [-0.1, -0.05) is 49.7 Å². The average molecular weight is 377 g/mol. The lowest BCUT2D eigenvalue weighted by atomic mass is 9.96. The van der Waals surface area contributed by atoms with Crippen molar-refractivity contribution in [2.45, 2.75) is 26.3 Å². The van der Waals surface area contributed by atoms with Crippen LogP contribution in [-0.4, -0.2) is 24.8 Å². The number of phenolic OH excluding ortho intramolecular Hbond substituents is 1. The molecule has 2 aromatic rings. The summed E-state index contributed by atoms with van der Waals surface area (Å²) < 4.78 is 5.09. The van der Waals surface area contributed by atoms with E-state index in [2.05, 4.69) is 10.6 Å². The van der Waals surface area contributed by atoms with E-state index in [1.807, 2.05) is 38.1 Å². The zero-order valence-electron chi connectivity index (χ0n) is 15.3. The van der Waals surface area contributed by atoms with Gasteiger partial charge >= 0.3 is 6.03 Å². The number of methoxy groups -OCH3 is 1. The summed E-state index contributed by atoms with van der Waals surface area (Å²) in [4.78, 5) is 12.3. The third-order valence-corrected chi connectivity index (χ3v) is 4.48. The van der Waals surface area contributed by atoms with Crippen LogP contribution in [0.5, 0.6) is 11.5 Å². The van der Waals surface area contributed by atoms with Gasteiger partial charge in [-0.05, 0) is 41.7 Å². The van der Waals surface area contributed by atoms with Crippen molar-refractivity contribution in [3.05, 3.63) is 58.6 Å². The average Bonchev–Trinajstić information content (AvgIpc) is 2.61. The Kier molecular flexibility index (Phi) is 7.16. The van der Waals surface area contributed by atoms with E-state index >= 15 is 0 Å². The normalized spacial score (nSPS) is 11.9. The van der Waals surface area contributed by atoms with E-state index in [0.717, 1.165) is 11.1 Å². The van der Waals surface area contributed by atoms with Gasteiger partial charge in [0.05, 0.1) is 13.2 Å². The second kappa shape index (κ2) is 9.34. The van der Waals surface area contributed by atoms with Crippen molar-refractivity contribution < 1.29 is 14.6 Å². The Labute approximate surface area is 159 Å². The molecule has 2 rings (SSSR count). The summed E-state index contributed by atoms with van der Waals surface area (Å²) in [5.74, 6) is 0.717. The molecule has 6 heteroatoms. The summed E-state index contributed by atoms with van der Waals surface area (Å²) in [5, 5.41) is 16.1. The molecule has 5 nitrogen and oxygen atoms in total. The minimum atomic E-state index is -0.241. The smallest absolute Gasteiger partial charge is 0.315 e. The van der Waals surface area contributed by atoms with Crippen LogP contribution in [0.4, 0.5) is 4.79 Å². The molecule has 0 fully saturated rings. The highest BCUT2D eigenvalue weighted by Crippen LogP contribution is 2.28. The minimum absolute atomic E-state index is 0.0986. The maximum atomic E-state index is 12.3. The fourth-order valence-electron chi connectivity index (χ4n) is 2.72. The highest BCUT2D eigenvalue weighted by Gasteiger charge is 2.20. The number of amides is 2. The van der Waals surface area contributed by atoms with E-state index in [4.69, 9.17) is 16.3 Å². The Morgan fingerprint density at radius 1 is 1.23 bits per heavy atom. The largest absolute Gasteiger partial charge is 0.504 e. The van der Waals surface area contributed by atoms with Gasteiger partial charge in [0, 0.05) is 11.6 Å². The molecular weight excluding hydrogens is 352 g/mol. The van der Waals surface area contributed by atoms with Crippen molar-refractivity contribution in [2.75, 3.05) is 13.7 Å². The third kappa shape index (κ3) is 5.30. The number of phenols is 1. The van der Waals surface area contributed by atoms with Gasteiger partial charge < -0.3 is 20.5 Å². The van der Waals surface area contributed by atoms with Crippen LogP contribution in [0.1, 0.15) is 31.0 Å². The van der Waals surface area contributed by atoms with E-state index in [1.54, 1.807) is 18.2 Å². The Hall–Kier alpha value is -2.40. The van der Waals surface area contributed by atoms with Crippen molar-refractivity contribution in [1.29, 1.82) is 0 Å². The first-order valence-corrected chi connectivity index (χ1v) is 8.94. The van der Waals surface area contributed by atoms with Crippen molar-refractivity contribution in [3.63, 3.8) is 0 Å². The van der Waals surface area contributed by atoms with Crippen molar-refractivity contribution >= 4 is 17.6 Å². The molecule has 0 spiro atoms. The fourth-order valence-corrected chi connectivity index (χ4v) is 2.97. The van der Waals surface area contributed by atoms with E-state index in [9.17, 15) is 9.90 Å². The lowest BCUT2D eigenvalue weighted by Gasteiger charge is -2.24. The molecule has 0 bridgehead atoms. The number of hydrogen-bond donors (Lipinski definition) is 3. The van der Waals surface area contributed by atoms with Crippen molar-refractivity contribution in [1.82, 2.24) is 10.6 Å². The molecule has 0 aromatic heterocycles. The number of nitrogens with one attached hydrogen (secondary N) is 2. The Bertz CT molecular complexity index is 750. The molecule has 2 amide bonds. The van der Waals surface area contributed by atoms with E-state index in [-0.39, 0.29) is 23.7 Å². The third-order valence-electron chi connectivity index (χ3n) is 4.14. The second-order valence-electron chi connectivity index (χ2n) is 6.40. The molecule has 1 unspecified atom stereocenters. The molecule has 0 aliphatic heterocycles. The van der Waals surface area contributed by atoms with Crippen LogP contribution >= 0.6 is 11.6 Å². The topological polar surface area (TPSA) is 70.6 Å². The Morgan fingerprint density at radius 2 is 1.96 bits per heavy atom. The number of carbonyl (C=O) groups is 1. The summed E-state index contributed by atoms with van der Waals surface area (Å²) in [6, 6.07) is 12.3. The quantitative estimate of drug-likeness (QED) is 0.675. The van der Waals surface area contributed by atoms with Gasteiger partial charge in [0.15, 0.2) is 11.5 Å². The monoisotopic (exact) mass is 376 g/mol. The van der Waals surface area contributed by atoms with E-state index in [1.165, 1.54) is 7.11 Å². The van der Waals surface area contributed by atoms with Crippen molar-refractivity contribution in [3.8, 4) is 11.5 Å². The predicted octanol–water partition coefficient (Wildman–Crippen LogP) is 4.29. The molecule has 26 heavy (non-hydrogen) atoms. The van der Waals surface area contributed by atoms with Crippen LogP contribution in [0.2, 0.25) is 5.02 Å². The van der Waals surface area contributed by atoms with Crippen LogP contribution in [0.3, 0.4) is 0 Å². The molecule has 0 aliphatic carbocycles. The van der Waals surface area contributed by atoms with Crippen molar-refractivity contribution in [2.24, 2.45) is 5.92 Å². The van der Waals surface area contributed by atoms with Gasteiger partial charge in [0.1, 0.15) is 0 Å². The number of carbonyl (C=O) groups excluding carboxylic acids is 1. The number of hydrogen-bond acceptors (Lipinski definition) is 3. The van der Waals surface area contributed by atoms with Gasteiger partial charge in [-0.3, -0.25) is 0 Å². The maximum absolute atomic E-state index is 12.3. The molecule has 0 saturated heterocycles. The Balaban J connectivity index is 1.92. The number of urea groups is 1. The first-order valence-electron chi connectivity index (χ1n) is 8.57. The van der Waals surface area contributed by atoms with Gasteiger partial charge in [-0.2, -0.15) is 0 Å². The molecule has 1 atom stereocenters. The highest BCUT2D eigenvalue weighted by atomic mass is 35.5. The number of aromatic hydroxyl groups is 1. The molecule has 0 aliphatic rings. The summed E-state index contributed by atoms with van der Waals surface area (Å²) in [5.41, 5.74) is 1.87. The molecule has 0 radical (unpaired) electrons. The summed E-state index contributed by atoms with van der Waals surface area (Å²) >= 11 is 6.27. The van der Waals surface area contributed by atoms with Gasteiger partial charge in [0.25, 0.3) is 0 Å². The number of rotatable bonds is 7. The van der Waals surface area contributed by atoms with Crippen LogP contribution in [-0.2, 0) is 6.42 Å².